The van der Waals surface area contributed by atoms with Crippen molar-refractivity contribution in [3.63, 3.8) is 0 Å². The van der Waals surface area contributed by atoms with Gasteiger partial charge in [0.25, 0.3) is 0 Å². The highest BCUT2D eigenvalue weighted by Crippen LogP contribution is 2.62. The minimum Gasteiger partial charge on any atom is -0.0622 e. The Hall–Kier alpha value is -1.56. The van der Waals surface area contributed by atoms with Crippen molar-refractivity contribution in [1.29, 1.82) is 0 Å². The van der Waals surface area contributed by atoms with Crippen molar-refractivity contribution in [3.8, 4) is 0 Å². The van der Waals surface area contributed by atoms with Crippen LogP contribution in [0.1, 0.15) is 43.2 Å². The highest BCUT2D eigenvalue weighted by molar-refractivity contribution is 5.38. The SMILES string of the molecule is c1ccc(C23CCC(c4ccccc4)(CC2)C3)cc1. The summed E-state index contributed by atoms with van der Waals surface area (Å²) < 4.78 is 0. The highest BCUT2D eigenvalue weighted by Gasteiger charge is 2.55. The van der Waals surface area contributed by atoms with Crippen molar-refractivity contribution in [3.05, 3.63) is 71.8 Å². The third-order valence-corrected chi connectivity index (χ3v) is 5.61. The number of rotatable bonds is 2. The second-order valence-corrected chi connectivity index (χ2v) is 6.47. The molecule has 0 heterocycles. The number of hydrogen-bond acceptors (Lipinski definition) is 0. The van der Waals surface area contributed by atoms with Crippen LogP contribution in [-0.2, 0) is 10.8 Å². The first-order valence-corrected chi connectivity index (χ1v) is 7.44. The molecule has 19 heavy (non-hydrogen) atoms. The normalized spacial score (nSPS) is 32.6. The van der Waals surface area contributed by atoms with E-state index in [-0.39, 0.29) is 0 Å². The van der Waals surface area contributed by atoms with E-state index < -0.39 is 0 Å². The smallest absolute Gasteiger partial charge is 0.00379 e. The van der Waals surface area contributed by atoms with Gasteiger partial charge in [-0.15, -0.1) is 0 Å². The van der Waals surface area contributed by atoms with E-state index in [0.29, 0.717) is 10.8 Å². The Balaban J connectivity index is 1.73. The summed E-state index contributed by atoms with van der Waals surface area (Å²) in [6.45, 7) is 0. The van der Waals surface area contributed by atoms with Gasteiger partial charge in [-0.05, 0) is 54.1 Å². The Labute approximate surface area is 115 Å². The molecule has 0 saturated heterocycles. The largest absolute Gasteiger partial charge is 0.0622 e. The molecule has 0 amide bonds. The zero-order valence-corrected chi connectivity index (χ0v) is 11.3. The molecule has 2 saturated carbocycles. The maximum Gasteiger partial charge on any atom is -0.00379 e. The van der Waals surface area contributed by atoms with Gasteiger partial charge in [-0.1, -0.05) is 60.7 Å². The summed E-state index contributed by atoms with van der Waals surface area (Å²) in [6.07, 6.45) is 6.82. The monoisotopic (exact) mass is 248 g/mol. The Kier molecular flexibility index (Phi) is 2.35. The molecular weight excluding hydrogens is 228 g/mol. The van der Waals surface area contributed by atoms with Crippen molar-refractivity contribution in [1.82, 2.24) is 0 Å². The molecule has 2 fully saturated rings. The Morgan fingerprint density at radius 2 is 0.895 bits per heavy atom. The van der Waals surface area contributed by atoms with Crippen LogP contribution in [0.3, 0.4) is 0 Å². The average molecular weight is 248 g/mol. The predicted molar refractivity (Wildman–Crippen MR) is 79.3 cm³/mol. The van der Waals surface area contributed by atoms with Crippen LogP contribution in [0.25, 0.3) is 0 Å². The molecule has 96 valence electrons. The van der Waals surface area contributed by atoms with Gasteiger partial charge < -0.3 is 0 Å². The molecule has 2 aromatic carbocycles. The maximum absolute atomic E-state index is 2.34. The Morgan fingerprint density at radius 3 is 1.26 bits per heavy atom. The molecule has 0 heteroatoms. The van der Waals surface area contributed by atoms with Crippen LogP contribution in [0.4, 0.5) is 0 Å². The van der Waals surface area contributed by atoms with Crippen molar-refractivity contribution in [2.45, 2.75) is 42.9 Å². The topological polar surface area (TPSA) is 0 Å². The first kappa shape index (κ1) is 11.3. The summed E-state index contributed by atoms with van der Waals surface area (Å²) in [5.74, 6) is 0. The molecule has 0 unspecified atom stereocenters. The van der Waals surface area contributed by atoms with E-state index >= 15 is 0 Å². The lowest BCUT2D eigenvalue weighted by atomic mass is 9.76. The van der Waals surface area contributed by atoms with Gasteiger partial charge in [-0.2, -0.15) is 0 Å². The van der Waals surface area contributed by atoms with Crippen molar-refractivity contribution in [2.75, 3.05) is 0 Å². The predicted octanol–water partition coefficient (Wildman–Crippen LogP) is 4.84. The van der Waals surface area contributed by atoms with Crippen LogP contribution in [0.2, 0.25) is 0 Å². The van der Waals surface area contributed by atoms with Crippen LogP contribution in [0, 0.1) is 0 Å². The molecule has 2 aromatic rings. The lowest BCUT2D eigenvalue weighted by Crippen LogP contribution is -2.19. The molecule has 0 N–H and O–H groups in total. The van der Waals surface area contributed by atoms with Crippen LogP contribution in [-0.4, -0.2) is 0 Å². The van der Waals surface area contributed by atoms with Crippen molar-refractivity contribution >= 4 is 0 Å². The minimum absolute atomic E-state index is 0.469. The maximum atomic E-state index is 2.34. The fourth-order valence-electron chi connectivity index (χ4n) is 4.57. The van der Waals surface area contributed by atoms with E-state index in [2.05, 4.69) is 60.7 Å². The summed E-state index contributed by atoms with van der Waals surface area (Å²) in [5, 5.41) is 0. The molecule has 2 aliphatic carbocycles. The van der Waals surface area contributed by atoms with Gasteiger partial charge in [0.15, 0.2) is 0 Å². The van der Waals surface area contributed by atoms with Gasteiger partial charge >= 0.3 is 0 Å². The van der Waals surface area contributed by atoms with Crippen LogP contribution in [0.5, 0.6) is 0 Å². The molecule has 0 atom stereocenters. The third kappa shape index (κ3) is 1.59. The summed E-state index contributed by atoms with van der Waals surface area (Å²) >= 11 is 0. The lowest BCUT2D eigenvalue weighted by molar-refractivity contribution is 0.394. The van der Waals surface area contributed by atoms with E-state index in [0.717, 1.165) is 0 Å². The van der Waals surface area contributed by atoms with E-state index in [1.54, 1.807) is 11.1 Å². The van der Waals surface area contributed by atoms with Gasteiger partial charge in [0.2, 0.25) is 0 Å². The Morgan fingerprint density at radius 1 is 0.526 bits per heavy atom. The van der Waals surface area contributed by atoms with Gasteiger partial charge in [-0.25, -0.2) is 0 Å². The second kappa shape index (κ2) is 3.96. The van der Waals surface area contributed by atoms with E-state index in [9.17, 15) is 0 Å². The molecule has 2 bridgehead atoms. The second-order valence-electron chi connectivity index (χ2n) is 6.47. The van der Waals surface area contributed by atoms with E-state index in [1.807, 2.05) is 0 Å². The van der Waals surface area contributed by atoms with Gasteiger partial charge in [0.1, 0.15) is 0 Å². The fourth-order valence-corrected chi connectivity index (χ4v) is 4.57. The van der Waals surface area contributed by atoms with Crippen LogP contribution >= 0.6 is 0 Å². The number of hydrogen-bond donors (Lipinski definition) is 0. The molecular formula is C19H20. The highest BCUT2D eigenvalue weighted by atomic mass is 14.6. The first-order valence-electron chi connectivity index (χ1n) is 7.44. The molecule has 0 spiro atoms. The Bertz CT molecular complexity index is 506. The quantitative estimate of drug-likeness (QED) is 0.713. The molecule has 0 nitrogen and oxygen atoms in total. The van der Waals surface area contributed by atoms with Crippen LogP contribution < -0.4 is 0 Å². The van der Waals surface area contributed by atoms with Gasteiger partial charge in [-0.3, -0.25) is 0 Å². The zero-order valence-electron chi connectivity index (χ0n) is 11.3. The minimum atomic E-state index is 0.469. The summed E-state index contributed by atoms with van der Waals surface area (Å²) in [4.78, 5) is 0. The van der Waals surface area contributed by atoms with Gasteiger partial charge in [0.05, 0.1) is 0 Å². The first-order chi connectivity index (χ1) is 9.33. The van der Waals surface area contributed by atoms with E-state index in [1.165, 1.54) is 32.1 Å². The summed E-state index contributed by atoms with van der Waals surface area (Å²) in [7, 11) is 0. The fraction of sp³-hybridized carbons (Fsp3) is 0.368. The summed E-state index contributed by atoms with van der Waals surface area (Å²) in [5.41, 5.74) is 4.09. The van der Waals surface area contributed by atoms with Crippen molar-refractivity contribution in [2.24, 2.45) is 0 Å². The average Bonchev–Trinajstić information content (AvgIpc) is 3.08. The molecule has 4 rings (SSSR count). The standard InChI is InChI=1S/C19H20/c1-3-7-16(8-4-1)18-11-13-19(15-18,14-12-18)17-9-5-2-6-10-17/h1-10H,11-15H2. The number of fused-ring (bicyclic) bond motifs is 2. The number of benzene rings is 2. The summed E-state index contributed by atoms with van der Waals surface area (Å²) in [6, 6.07) is 22.4. The third-order valence-electron chi connectivity index (χ3n) is 5.61. The van der Waals surface area contributed by atoms with Crippen molar-refractivity contribution < 1.29 is 0 Å². The van der Waals surface area contributed by atoms with E-state index in [4.69, 9.17) is 0 Å². The molecule has 2 aliphatic rings. The van der Waals surface area contributed by atoms with Crippen LogP contribution in [0.15, 0.2) is 60.7 Å². The lowest BCUT2D eigenvalue weighted by Gasteiger charge is -2.28. The van der Waals surface area contributed by atoms with Gasteiger partial charge in [0, 0.05) is 0 Å². The zero-order chi connectivity index (χ0) is 12.8. The molecule has 0 aromatic heterocycles. The molecule has 0 radical (unpaired) electrons. The molecule has 0 aliphatic heterocycles.